The second-order valence-electron chi connectivity index (χ2n) is 6.56. The van der Waals surface area contributed by atoms with Gasteiger partial charge in [0.1, 0.15) is 0 Å². The molecule has 1 saturated carbocycles. The number of carbonyl (C=O) groups excluding carboxylic acids is 1. The van der Waals surface area contributed by atoms with Gasteiger partial charge in [-0.1, -0.05) is 60.7 Å². The Morgan fingerprint density at radius 3 is 2.21 bits per heavy atom. The number of benzene rings is 2. The van der Waals surface area contributed by atoms with Gasteiger partial charge in [-0.15, -0.1) is 12.4 Å². The lowest BCUT2D eigenvalue weighted by atomic mass is 9.85. The Labute approximate surface area is 150 Å². The van der Waals surface area contributed by atoms with E-state index in [2.05, 4.69) is 41.8 Å². The normalized spacial score (nSPS) is 15.9. The third kappa shape index (κ3) is 5.08. The summed E-state index contributed by atoms with van der Waals surface area (Å²) in [6.45, 7) is 2.49. The molecule has 128 valence electrons. The molecule has 4 heteroatoms. The van der Waals surface area contributed by atoms with Gasteiger partial charge in [0.05, 0.1) is 12.1 Å². The zero-order valence-electron chi connectivity index (χ0n) is 14.0. The van der Waals surface area contributed by atoms with Crippen LogP contribution in [-0.2, 0) is 16.8 Å². The Kier molecular flexibility index (Phi) is 6.41. The first-order valence-corrected chi connectivity index (χ1v) is 8.29. The SMILES string of the molecule is CC(Cc1ccccc1)(NC(=O)CNC1CC1)c1ccccc1.Cl. The summed E-state index contributed by atoms with van der Waals surface area (Å²) in [6, 6.07) is 21.1. The number of carbonyl (C=O) groups is 1. The lowest BCUT2D eigenvalue weighted by molar-refractivity contribution is -0.122. The van der Waals surface area contributed by atoms with Crippen molar-refractivity contribution in [3.8, 4) is 0 Å². The van der Waals surface area contributed by atoms with Gasteiger partial charge in [0.15, 0.2) is 0 Å². The van der Waals surface area contributed by atoms with E-state index in [1.165, 1.54) is 18.4 Å². The Bertz CT molecular complexity index is 643. The van der Waals surface area contributed by atoms with E-state index in [1.807, 2.05) is 36.4 Å². The molecule has 1 fully saturated rings. The Morgan fingerprint density at radius 1 is 1.04 bits per heavy atom. The average Bonchev–Trinajstić information content (AvgIpc) is 3.39. The van der Waals surface area contributed by atoms with Crippen LogP contribution in [0.25, 0.3) is 0 Å². The van der Waals surface area contributed by atoms with Crippen LogP contribution >= 0.6 is 12.4 Å². The zero-order chi connectivity index (χ0) is 16.1. The largest absolute Gasteiger partial charge is 0.345 e. The van der Waals surface area contributed by atoms with Crippen molar-refractivity contribution in [1.29, 1.82) is 0 Å². The van der Waals surface area contributed by atoms with Crippen LogP contribution in [0, 0.1) is 0 Å². The first kappa shape index (κ1) is 18.5. The molecule has 0 saturated heterocycles. The lowest BCUT2D eigenvalue weighted by Gasteiger charge is -2.32. The minimum atomic E-state index is -0.412. The molecule has 1 amide bonds. The average molecular weight is 345 g/mol. The minimum absolute atomic E-state index is 0. The maximum Gasteiger partial charge on any atom is 0.234 e. The van der Waals surface area contributed by atoms with E-state index < -0.39 is 5.54 Å². The van der Waals surface area contributed by atoms with Gasteiger partial charge >= 0.3 is 0 Å². The van der Waals surface area contributed by atoms with Gasteiger partial charge < -0.3 is 10.6 Å². The summed E-state index contributed by atoms with van der Waals surface area (Å²) in [6.07, 6.45) is 3.15. The topological polar surface area (TPSA) is 41.1 Å². The second-order valence-corrected chi connectivity index (χ2v) is 6.56. The molecule has 0 radical (unpaired) electrons. The Morgan fingerprint density at radius 2 is 1.62 bits per heavy atom. The van der Waals surface area contributed by atoms with Crippen molar-refractivity contribution in [2.45, 2.75) is 37.8 Å². The van der Waals surface area contributed by atoms with Crippen LogP contribution in [0.2, 0.25) is 0 Å². The number of hydrogen-bond donors (Lipinski definition) is 2. The van der Waals surface area contributed by atoms with Crippen LogP contribution in [0.4, 0.5) is 0 Å². The summed E-state index contributed by atoms with van der Waals surface area (Å²) in [7, 11) is 0. The van der Waals surface area contributed by atoms with E-state index in [4.69, 9.17) is 0 Å². The molecule has 1 aliphatic rings. The van der Waals surface area contributed by atoms with Crippen molar-refractivity contribution in [1.82, 2.24) is 10.6 Å². The third-order valence-corrected chi connectivity index (χ3v) is 4.36. The highest BCUT2D eigenvalue weighted by Crippen LogP contribution is 2.25. The smallest absolute Gasteiger partial charge is 0.234 e. The molecule has 2 N–H and O–H groups in total. The highest BCUT2D eigenvalue weighted by atomic mass is 35.5. The molecule has 0 aliphatic heterocycles. The lowest BCUT2D eigenvalue weighted by Crippen LogP contribution is -2.48. The fourth-order valence-corrected chi connectivity index (χ4v) is 2.90. The maximum absolute atomic E-state index is 12.4. The van der Waals surface area contributed by atoms with E-state index >= 15 is 0 Å². The van der Waals surface area contributed by atoms with Gasteiger partial charge in [0.25, 0.3) is 0 Å². The van der Waals surface area contributed by atoms with E-state index in [1.54, 1.807) is 0 Å². The van der Waals surface area contributed by atoms with Crippen LogP contribution in [0.5, 0.6) is 0 Å². The molecule has 1 unspecified atom stereocenters. The van der Waals surface area contributed by atoms with Gasteiger partial charge in [0.2, 0.25) is 5.91 Å². The summed E-state index contributed by atoms with van der Waals surface area (Å²) in [5.41, 5.74) is 1.93. The van der Waals surface area contributed by atoms with Crippen LogP contribution in [0.1, 0.15) is 30.9 Å². The summed E-state index contributed by atoms with van der Waals surface area (Å²) in [5, 5.41) is 6.52. The summed E-state index contributed by atoms with van der Waals surface area (Å²) >= 11 is 0. The van der Waals surface area contributed by atoms with Gasteiger partial charge in [-0.25, -0.2) is 0 Å². The molecule has 0 aromatic heterocycles. The molecular weight excluding hydrogens is 320 g/mol. The number of rotatable bonds is 7. The molecule has 1 atom stereocenters. The van der Waals surface area contributed by atoms with E-state index in [0.717, 1.165) is 12.0 Å². The van der Waals surface area contributed by atoms with Crippen molar-refractivity contribution >= 4 is 18.3 Å². The van der Waals surface area contributed by atoms with Crippen molar-refractivity contribution in [2.75, 3.05) is 6.54 Å². The highest BCUT2D eigenvalue weighted by Gasteiger charge is 2.29. The minimum Gasteiger partial charge on any atom is -0.345 e. The summed E-state index contributed by atoms with van der Waals surface area (Å²) < 4.78 is 0. The molecule has 3 nitrogen and oxygen atoms in total. The first-order chi connectivity index (χ1) is 11.2. The predicted molar refractivity (Wildman–Crippen MR) is 100 cm³/mol. The van der Waals surface area contributed by atoms with E-state index in [9.17, 15) is 4.79 Å². The molecule has 2 aromatic rings. The fourth-order valence-electron chi connectivity index (χ4n) is 2.90. The van der Waals surface area contributed by atoms with Crippen LogP contribution in [-0.4, -0.2) is 18.5 Å². The van der Waals surface area contributed by atoms with Crippen LogP contribution in [0.15, 0.2) is 60.7 Å². The standard InChI is InChI=1S/C20H24N2O.ClH/c1-20(17-10-6-3-7-11-17,14-16-8-4-2-5-9-16)22-19(23)15-21-18-12-13-18;/h2-11,18,21H,12-15H2,1H3,(H,22,23);1H. The second kappa shape index (κ2) is 8.32. The van der Waals surface area contributed by atoms with Crippen molar-refractivity contribution in [3.05, 3.63) is 71.8 Å². The molecule has 2 aromatic carbocycles. The van der Waals surface area contributed by atoms with Gasteiger partial charge in [-0.2, -0.15) is 0 Å². The summed E-state index contributed by atoms with van der Waals surface area (Å²) in [5.74, 6) is 0.0548. The quantitative estimate of drug-likeness (QED) is 0.808. The monoisotopic (exact) mass is 344 g/mol. The zero-order valence-corrected chi connectivity index (χ0v) is 14.8. The van der Waals surface area contributed by atoms with Crippen molar-refractivity contribution in [2.24, 2.45) is 0 Å². The van der Waals surface area contributed by atoms with Gasteiger partial charge in [0, 0.05) is 6.04 Å². The van der Waals surface area contributed by atoms with Crippen molar-refractivity contribution < 1.29 is 4.79 Å². The Hall–Kier alpha value is -1.84. The molecule has 0 bridgehead atoms. The van der Waals surface area contributed by atoms with Crippen molar-refractivity contribution in [3.63, 3.8) is 0 Å². The molecule has 0 spiro atoms. The van der Waals surface area contributed by atoms with E-state index in [-0.39, 0.29) is 18.3 Å². The third-order valence-electron chi connectivity index (χ3n) is 4.36. The molecular formula is C20H25ClN2O. The number of hydrogen-bond acceptors (Lipinski definition) is 2. The van der Waals surface area contributed by atoms with Gasteiger partial charge in [-0.3, -0.25) is 4.79 Å². The van der Waals surface area contributed by atoms with Crippen LogP contribution < -0.4 is 10.6 Å². The highest BCUT2D eigenvalue weighted by molar-refractivity contribution is 5.85. The molecule has 24 heavy (non-hydrogen) atoms. The molecule has 1 aliphatic carbocycles. The van der Waals surface area contributed by atoms with E-state index in [0.29, 0.717) is 12.6 Å². The molecule has 3 rings (SSSR count). The van der Waals surface area contributed by atoms with Gasteiger partial charge in [-0.05, 0) is 37.3 Å². The maximum atomic E-state index is 12.4. The predicted octanol–water partition coefficient (Wildman–Crippen LogP) is 3.43. The number of halogens is 1. The molecule has 0 heterocycles. The number of nitrogens with one attached hydrogen (secondary N) is 2. The van der Waals surface area contributed by atoms with Crippen LogP contribution in [0.3, 0.4) is 0 Å². The number of amides is 1. The Balaban J connectivity index is 0.00000208. The fraction of sp³-hybridized carbons (Fsp3) is 0.350. The first-order valence-electron chi connectivity index (χ1n) is 8.29. The summed E-state index contributed by atoms with van der Waals surface area (Å²) in [4.78, 5) is 12.4.